The summed E-state index contributed by atoms with van der Waals surface area (Å²) in [6.45, 7) is 9.90. The molecule has 1 fully saturated rings. The molecule has 2 rings (SSSR count). The van der Waals surface area contributed by atoms with E-state index in [0.717, 1.165) is 18.3 Å². The fourth-order valence-corrected chi connectivity index (χ4v) is 2.56. The van der Waals surface area contributed by atoms with Gasteiger partial charge in [-0.3, -0.25) is 0 Å². The zero-order valence-corrected chi connectivity index (χ0v) is 13.8. The van der Waals surface area contributed by atoms with E-state index in [9.17, 15) is 0 Å². The average molecular weight is 298 g/mol. The minimum absolute atomic E-state index is 0. The summed E-state index contributed by atoms with van der Waals surface area (Å²) in [5, 5.41) is 3.40. The number of benzene rings is 1. The molecule has 3 heteroatoms. The van der Waals surface area contributed by atoms with Crippen molar-refractivity contribution in [2.24, 2.45) is 5.92 Å². The Morgan fingerprint density at radius 2 is 1.70 bits per heavy atom. The molecule has 0 amide bonds. The van der Waals surface area contributed by atoms with Gasteiger partial charge in [0.05, 0.1) is 6.61 Å². The second-order valence-electron chi connectivity index (χ2n) is 6.60. The lowest BCUT2D eigenvalue weighted by Gasteiger charge is -2.22. The molecule has 0 bridgehead atoms. The normalized spacial score (nSPS) is 16.6. The molecule has 0 radical (unpaired) electrons. The van der Waals surface area contributed by atoms with Crippen LogP contribution in [-0.2, 0) is 5.41 Å². The van der Waals surface area contributed by atoms with E-state index >= 15 is 0 Å². The standard InChI is InChI=1S/C17H27NO.ClH/c1-17(2,3)15-4-6-16(7-5-15)19-13-10-14-8-11-18-12-9-14;/h4-7,14,18H,8-13H2,1-3H3;1H. The van der Waals surface area contributed by atoms with Crippen molar-refractivity contribution in [2.75, 3.05) is 19.7 Å². The van der Waals surface area contributed by atoms with E-state index in [1.807, 2.05) is 0 Å². The molecular formula is C17H28ClNO. The number of ether oxygens (including phenoxy) is 1. The van der Waals surface area contributed by atoms with Crippen LogP contribution in [0.4, 0.5) is 0 Å². The minimum atomic E-state index is 0. The van der Waals surface area contributed by atoms with Gasteiger partial charge in [0.25, 0.3) is 0 Å². The first-order chi connectivity index (χ1) is 9.05. The van der Waals surface area contributed by atoms with Crippen LogP contribution in [0.15, 0.2) is 24.3 Å². The van der Waals surface area contributed by atoms with Crippen LogP contribution >= 0.6 is 12.4 Å². The summed E-state index contributed by atoms with van der Waals surface area (Å²) in [5.74, 6) is 1.84. The summed E-state index contributed by atoms with van der Waals surface area (Å²) >= 11 is 0. The van der Waals surface area contributed by atoms with E-state index in [0.29, 0.717) is 0 Å². The molecule has 2 nitrogen and oxygen atoms in total. The van der Waals surface area contributed by atoms with Gasteiger partial charge in [0.15, 0.2) is 0 Å². The number of piperidine rings is 1. The monoisotopic (exact) mass is 297 g/mol. The van der Waals surface area contributed by atoms with Crippen LogP contribution in [0.1, 0.15) is 45.6 Å². The van der Waals surface area contributed by atoms with Crippen molar-refractivity contribution in [3.8, 4) is 5.75 Å². The molecule has 0 aliphatic carbocycles. The van der Waals surface area contributed by atoms with Crippen molar-refractivity contribution in [3.05, 3.63) is 29.8 Å². The van der Waals surface area contributed by atoms with Crippen LogP contribution in [0, 0.1) is 5.92 Å². The third kappa shape index (κ3) is 5.34. The third-order valence-electron chi connectivity index (χ3n) is 3.97. The van der Waals surface area contributed by atoms with E-state index in [2.05, 4.69) is 50.4 Å². The number of nitrogens with one attached hydrogen (secondary N) is 1. The summed E-state index contributed by atoms with van der Waals surface area (Å²) in [4.78, 5) is 0. The Hall–Kier alpha value is -0.730. The number of hydrogen-bond acceptors (Lipinski definition) is 2. The highest BCUT2D eigenvalue weighted by atomic mass is 35.5. The van der Waals surface area contributed by atoms with Gasteiger partial charge in [-0.1, -0.05) is 32.9 Å². The summed E-state index contributed by atoms with van der Waals surface area (Å²) in [5.41, 5.74) is 1.58. The first-order valence-electron chi connectivity index (χ1n) is 7.50. The second kappa shape index (κ2) is 7.90. The van der Waals surface area contributed by atoms with Crippen LogP contribution in [0.2, 0.25) is 0 Å². The molecule has 20 heavy (non-hydrogen) atoms. The highest BCUT2D eigenvalue weighted by Gasteiger charge is 2.14. The van der Waals surface area contributed by atoms with Gasteiger partial charge < -0.3 is 10.1 Å². The lowest BCUT2D eigenvalue weighted by Crippen LogP contribution is -2.28. The molecule has 1 saturated heterocycles. The molecule has 0 atom stereocenters. The van der Waals surface area contributed by atoms with E-state index in [1.165, 1.54) is 37.9 Å². The molecule has 0 aromatic heterocycles. The zero-order chi connectivity index (χ0) is 13.7. The molecule has 114 valence electrons. The van der Waals surface area contributed by atoms with E-state index in [1.54, 1.807) is 0 Å². The Bertz CT molecular complexity index is 377. The molecule has 1 heterocycles. The Balaban J connectivity index is 0.00000200. The fraction of sp³-hybridized carbons (Fsp3) is 0.647. The van der Waals surface area contributed by atoms with Gasteiger partial charge in [-0.2, -0.15) is 0 Å². The molecule has 0 spiro atoms. The summed E-state index contributed by atoms with van der Waals surface area (Å²) in [6, 6.07) is 8.56. The highest BCUT2D eigenvalue weighted by molar-refractivity contribution is 5.85. The van der Waals surface area contributed by atoms with Crippen LogP contribution in [-0.4, -0.2) is 19.7 Å². The number of halogens is 1. The Morgan fingerprint density at radius 1 is 1.10 bits per heavy atom. The zero-order valence-electron chi connectivity index (χ0n) is 12.9. The van der Waals surface area contributed by atoms with Gasteiger partial charge in [-0.15, -0.1) is 12.4 Å². The average Bonchev–Trinajstić information content (AvgIpc) is 2.39. The van der Waals surface area contributed by atoms with Crippen molar-refractivity contribution in [3.63, 3.8) is 0 Å². The SMILES string of the molecule is CC(C)(C)c1ccc(OCCC2CCNCC2)cc1.Cl. The Morgan fingerprint density at radius 3 is 2.25 bits per heavy atom. The molecule has 1 N–H and O–H groups in total. The largest absolute Gasteiger partial charge is 0.494 e. The van der Waals surface area contributed by atoms with Gasteiger partial charge in [0.2, 0.25) is 0 Å². The Labute approximate surface area is 129 Å². The van der Waals surface area contributed by atoms with E-state index < -0.39 is 0 Å². The van der Waals surface area contributed by atoms with Gasteiger partial charge in [0.1, 0.15) is 5.75 Å². The van der Waals surface area contributed by atoms with E-state index in [-0.39, 0.29) is 17.8 Å². The van der Waals surface area contributed by atoms with Gasteiger partial charge in [-0.05, 0) is 61.4 Å². The van der Waals surface area contributed by atoms with Crippen LogP contribution in [0.3, 0.4) is 0 Å². The maximum atomic E-state index is 5.86. The predicted molar refractivity (Wildman–Crippen MR) is 88.1 cm³/mol. The fourth-order valence-electron chi connectivity index (χ4n) is 2.56. The predicted octanol–water partition coefficient (Wildman–Crippen LogP) is 4.17. The van der Waals surface area contributed by atoms with Crippen molar-refractivity contribution in [1.82, 2.24) is 5.32 Å². The quantitative estimate of drug-likeness (QED) is 0.900. The lowest BCUT2D eigenvalue weighted by atomic mass is 9.87. The van der Waals surface area contributed by atoms with Crippen molar-refractivity contribution in [1.29, 1.82) is 0 Å². The minimum Gasteiger partial charge on any atom is -0.494 e. The number of rotatable bonds is 4. The molecule has 0 unspecified atom stereocenters. The summed E-state index contributed by atoms with van der Waals surface area (Å²) in [7, 11) is 0. The molecule has 1 aromatic carbocycles. The van der Waals surface area contributed by atoms with Crippen LogP contribution in [0.5, 0.6) is 5.75 Å². The molecule has 0 saturated carbocycles. The van der Waals surface area contributed by atoms with E-state index in [4.69, 9.17) is 4.74 Å². The third-order valence-corrected chi connectivity index (χ3v) is 3.97. The maximum Gasteiger partial charge on any atom is 0.119 e. The van der Waals surface area contributed by atoms with Crippen LogP contribution < -0.4 is 10.1 Å². The Kier molecular flexibility index (Phi) is 6.84. The second-order valence-corrected chi connectivity index (χ2v) is 6.60. The summed E-state index contributed by atoms with van der Waals surface area (Å²) < 4.78 is 5.86. The first kappa shape index (κ1) is 17.3. The first-order valence-corrected chi connectivity index (χ1v) is 7.50. The molecule has 1 aliphatic heterocycles. The lowest BCUT2D eigenvalue weighted by molar-refractivity contribution is 0.252. The number of hydrogen-bond donors (Lipinski definition) is 1. The molecular weight excluding hydrogens is 270 g/mol. The van der Waals surface area contributed by atoms with Crippen molar-refractivity contribution < 1.29 is 4.74 Å². The van der Waals surface area contributed by atoms with Gasteiger partial charge >= 0.3 is 0 Å². The van der Waals surface area contributed by atoms with Gasteiger partial charge in [-0.25, -0.2) is 0 Å². The van der Waals surface area contributed by atoms with Crippen molar-refractivity contribution >= 4 is 12.4 Å². The summed E-state index contributed by atoms with van der Waals surface area (Å²) in [6.07, 6.45) is 3.78. The van der Waals surface area contributed by atoms with Crippen LogP contribution in [0.25, 0.3) is 0 Å². The molecule has 1 aromatic rings. The smallest absolute Gasteiger partial charge is 0.119 e. The molecule has 1 aliphatic rings. The highest BCUT2D eigenvalue weighted by Crippen LogP contribution is 2.24. The van der Waals surface area contributed by atoms with Crippen molar-refractivity contribution in [2.45, 2.75) is 45.4 Å². The topological polar surface area (TPSA) is 21.3 Å². The van der Waals surface area contributed by atoms with Gasteiger partial charge in [0, 0.05) is 0 Å². The maximum absolute atomic E-state index is 5.86.